The number of amides is 2. The lowest BCUT2D eigenvalue weighted by Gasteiger charge is -2.08. The largest absolute Gasteiger partial charge is 0.325 e. The molecule has 12 heteroatoms. The van der Waals surface area contributed by atoms with Crippen molar-refractivity contribution < 1.29 is 9.59 Å². The van der Waals surface area contributed by atoms with Crippen LogP contribution in [-0.4, -0.2) is 33.3 Å². The van der Waals surface area contributed by atoms with E-state index >= 15 is 0 Å². The van der Waals surface area contributed by atoms with Gasteiger partial charge in [0.25, 0.3) is 0 Å². The van der Waals surface area contributed by atoms with E-state index in [0.29, 0.717) is 10.0 Å². The standard InChI is InChI=1S/C30H20Cl2N4O2S4/c31-19-5-11-25-23(13-19)35-29(41-25)39-15-27(37)33-21-7-1-17(2-8-21)18-3-9-22(10-4-18)34-28(38)16-40-30-36-24-14-20(32)6-12-26(24)42-30/h1-14H,15-16H2,(H,33,37)(H,34,38). The number of thioether (sulfide) groups is 2. The number of carbonyl (C=O) groups is 2. The molecule has 6 aromatic rings. The molecular formula is C30H20Cl2N4O2S4. The van der Waals surface area contributed by atoms with Gasteiger partial charge in [0.15, 0.2) is 8.68 Å². The summed E-state index contributed by atoms with van der Waals surface area (Å²) in [5.41, 5.74) is 5.12. The molecule has 0 fully saturated rings. The molecule has 0 saturated heterocycles. The van der Waals surface area contributed by atoms with Crippen LogP contribution in [0.15, 0.2) is 93.6 Å². The Hall–Kier alpha value is -3.12. The predicted molar refractivity (Wildman–Crippen MR) is 180 cm³/mol. The van der Waals surface area contributed by atoms with Crippen molar-refractivity contribution in [3.63, 3.8) is 0 Å². The Morgan fingerprint density at radius 2 is 1.02 bits per heavy atom. The number of benzene rings is 4. The number of aromatic nitrogens is 2. The molecule has 2 N–H and O–H groups in total. The average Bonchev–Trinajstić information content (AvgIpc) is 3.58. The Labute approximate surface area is 267 Å². The fraction of sp³-hybridized carbons (Fsp3) is 0.0667. The monoisotopic (exact) mass is 666 g/mol. The van der Waals surface area contributed by atoms with Crippen LogP contribution in [0.1, 0.15) is 0 Å². The van der Waals surface area contributed by atoms with Crippen molar-refractivity contribution in [2.24, 2.45) is 0 Å². The molecule has 2 amide bonds. The first-order valence-electron chi connectivity index (χ1n) is 12.6. The fourth-order valence-electron chi connectivity index (χ4n) is 4.02. The summed E-state index contributed by atoms with van der Waals surface area (Å²) in [4.78, 5) is 34.1. The highest BCUT2D eigenvalue weighted by molar-refractivity contribution is 8.02. The molecule has 0 bridgehead atoms. The molecule has 4 aromatic carbocycles. The molecule has 210 valence electrons. The summed E-state index contributed by atoms with van der Waals surface area (Å²) in [5, 5.41) is 7.16. The van der Waals surface area contributed by atoms with E-state index in [0.717, 1.165) is 51.6 Å². The number of hydrogen-bond acceptors (Lipinski definition) is 8. The lowest BCUT2D eigenvalue weighted by atomic mass is 10.0. The van der Waals surface area contributed by atoms with Gasteiger partial charge in [-0.05, 0) is 71.8 Å². The van der Waals surface area contributed by atoms with Crippen LogP contribution in [0.25, 0.3) is 31.6 Å². The maximum absolute atomic E-state index is 12.5. The van der Waals surface area contributed by atoms with Gasteiger partial charge in [0.05, 0.1) is 31.9 Å². The van der Waals surface area contributed by atoms with Crippen LogP contribution in [0.3, 0.4) is 0 Å². The highest BCUT2D eigenvalue weighted by Crippen LogP contribution is 2.32. The average molecular weight is 668 g/mol. The van der Waals surface area contributed by atoms with Gasteiger partial charge in [0, 0.05) is 21.4 Å². The van der Waals surface area contributed by atoms with Gasteiger partial charge in [0.2, 0.25) is 11.8 Å². The molecule has 0 unspecified atom stereocenters. The highest BCUT2D eigenvalue weighted by atomic mass is 35.5. The van der Waals surface area contributed by atoms with Crippen molar-refractivity contribution >= 4 is 113 Å². The van der Waals surface area contributed by atoms with Crippen LogP contribution >= 0.6 is 69.4 Å². The second-order valence-electron chi connectivity index (χ2n) is 9.01. The Morgan fingerprint density at radius 1 is 0.619 bits per heavy atom. The van der Waals surface area contributed by atoms with Gasteiger partial charge in [-0.1, -0.05) is 71.0 Å². The Morgan fingerprint density at radius 3 is 1.43 bits per heavy atom. The van der Waals surface area contributed by atoms with Crippen molar-refractivity contribution in [1.82, 2.24) is 9.97 Å². The van der Waals surface area contributed by atoms with E-state index in [1.165, 1.54) is 23.5 Å². The van der Waals surface area contributed by atoms with Gasteiger partial charge < -0.3 is 10.6 Å². The number of fused-ring (bicyclic) bond motifs is 2. The van der Waals surface area contributed by atoms with Gasteiger partial charge >= 0.3 is 0 Å². The van der Waals surface area contributed by atoms with Gasteiger partial charge in [-0.15, -0.1) is 22.7 Å². The summed E-state index contributed by atoms with van der Waals surface area (Å²) in [6.45, 7) is 0. The van der Waals surface area contributed by atoms with Gasteiger partial charge in [-0.2, -0.15) is 0 Å². The third kappa shape index (κ3) is 7.26. The maximum atomic E-state index is 12.5. The number of nitrogens with one attached hydrogen (secondary N) is 2. The summed E-state index contributed by atoms with van der Waals surface area (Å²) in [6, 6.07) is 26.5. The smallest absolute Gasteiger partial charge is 0.234 e. The van der Waals surface area contributed by atoms with E-state index in [-0.39, 0.29) is 23.3 Å². The minimum Gasteiger partial charge on any atom is -0.325 e. The number of anilines is 2. The summed E-state index contributed by atoms with van der Waals surface area (Å²) >= 11 is 18.0. The van der Waals surface area contributed by atoms with E-state index in [1.807, 2.05) is 84.9 Å². The van der Waals surface area contributed by atoms with E-state index in [2.05, 4.69) is 20.6 Å². The first kappa shape index (κ1) is 29.0. The molecule has 2 aromatic heterocycles. The van der Waals surface area contributed by atoms with E-state index in [1.54, 1.807) is 22.7 Å². The molecule has 6 nitrogen and oxygen atoms in total. The molecule has 0 radical (unpaired) electrons. The van der Waals surface area contributed by atoms with Gasteiger partial charge in [-0.25, -0.2) is 9.97 Å². The van der Waals surface area contributed by atoms with Crippen molar-refractivity contribution in [2.75, 3.05) is 22.1 Å². The van der Waals surface area contributed by atoms with Crippen LogP contribution in [0.5, 0.6) is 0 Å². The first-order valence-corrected chi connectivity index (χ1v) is 16.9. The molecule has 0 saturated carbocycles. The molecule has 0 aliphatic rings. The second kappa shape index (κ2) is 13.0. The summed E-state index contributed by atoms with van der Waals surface area (Å²) in [5.74, 6) is 0.319. The normalized spacial score (nSPS) is 11.2. The lowest BCUT2D eigenvalue weighted by molar-refractivity contribution is -0.114. The van der Waals surface area contributed by atoms with E-state index < -0.39 is 0 Å². The molecule has 0 spiro atoms. The number of carbonyl (C=O) groups excluding carboxylic acids is 2. The zero-order chi connectivity index (χ0) is 29.1. The van der Waals surface area contributed by atoms with Gasteiger partial charge in [0.1, 0.15) is 0 Å². The third-order valence-corrected chi connectivity index (χ3v) is 10.8. The zero-order valence-corrected chi connectivity index (χ0v) is 26.4. The number of halogens is 2. The molecule has 2 heterocycles. The van der Waals surface area contributed by atoms with E-state index in [4.69, 9.17) is 23.2 Å². The van der Waals surface area contributed by atoms with E-state index in [9.17, 15) is 9.59 Å². The topological polar surface area (TPSA) is 84.0 Å². The summed E-state index contributed by atoms with van der Waals surface area (Å²) in [7, 11) is 0. The number of hydrogen-bond donors (Lipinski definition) is 2. The summed E-state index contributed by atoms with van der Waals surface area (Å²) < 4.78 is 3.74. The molecule has 0 aliphatic heterocycles. The number of thiazole rings is 2. The maximum Gasteiger partial charge on any atom is 0.234 e. The quantitative estimate of drug-likeness (QED) is 0.150. The Balaban J connectivity index is 0.980. The van der Waals surface area contributed by atoms with Crippen LogP contribution in [0.2, 0.25) is 10.0 Å². The number of nitrogens with zero attached hydrogens (tertiary/aromatic N) is 2. The summed E-state index contributed by atoms with van der Waals surface area (Å²) in [6.07, 6.45) is 0. The van der Waals surface area contributed by atoms with Crippen LogP contribution in [-0.2, 0) is 9.59 Å². The second-order valence-corrected chi connectivity index (χ2v) is 14.4. The van der Waals surface area contributed by atoms with Gasteiger partial charge in [-0.3, -0.25) is 9.59 Å². The molecular weight excluding hydrogens is 648 g/mol. The zero-order valence-electron chi connectivity index (χ0n) is 21.6. The lowest BCUT2D eigenvalue weighted by Crippen LogP contribution is -2.14. The highest BCUT2D eigenvalue weighted by Gasteiger charge is 2.11. The fourth-order valence-corrected chi connectivity index (χ4v) is 8.05. The van der Waals surface area contributed by atoms with Crippen LogP contribution in [0.4, 0.5) is 11.4 Å². The molecule has 0 atom stereocenters. The van der Waals surface area contributed by atoms with Crippen molar-refractivity contribution in [3.8, 4) is 11.1 Å². The first-order chi connectivity index (χ1) is 20.4. The van der Waals surface area contributed by atoms with Crippen molar-refractivity contribution in [1.29, 1.82) is 0 Å². The van der Waals surface area contributed by atoms with Crippen LogP contribution in [0, 0.1) is 0 Å². The molecule has 42 heavy (non-hydrogen) atoms. The predicted octanol–water partition coefficient (Wildman–Crippen LogP) is 9.34. The Kier molecular flexibility index (Phi) is 8.99. The molecule has 0 aliphatic carbocycles. The SMILES string of the molecule is O=C(CSc1nc2cc(Cl)ccc2s1)Nc1ccc(-c2ccc(NC(=O)CSc3nc4cc(Cl)ccc4s3)cc2)cc1. The van der Waals surface area contributed by atoms with Crippen LogP contribution < -0.4 is 10.6 Å². The third-order valence-electron chi connectivity index (χ3n) is 5.98. The Bertz CT molecular complexity index is 1770. The minimum atomic E-state index is -0.101. The van der Waals surface area contributed by atoms with Crippen molar-refractivity contribution in [3.05, 3.63) is 95.0 Å². The molecule has 6 rings (SSSR count). The van der Waals surface area contributed by atoms with Crippen molar-refractivity contribution in [2.45, 2.75) is 8.68 Å². The minimum absolute atomic E-state index is 0.101. The number of rotatable bonds is 9.